The highest BCUT2D eigenvalue weighted by molar-refractivity contribution is 5.83. The van der Waals surface area contributed by atoms with Crippen molar-refractivity contribution >= 4 is 16.6 Å². The van der Waals surface area contributed by atoms with Gasteiger partial charge >= 0.3 is 0 Å². The number of fused-ring (bicyclic) bond motifs is 1. The van der Waals surface area contributed by atoms with Gasteiger partial charge in [0.15, 0.2) is 0 Å². The minimum Gasteiger partial charge on any atom is -0.385 e. The van der Waals surface area contributed by atoms with Crippen molar-refractivity contribution in [3.05, 3.63) is 70.8 Å². The molecule has 0 amide bonds. The van der Waals surface area contributed by atoms with Gasteiger partial charge in [0, 0.05) is 17.8 Å². The van der Waals surface area contributed by atoms with Crippen LogP contribution in [0.1, 0.15) is 5.56 Å². The van der Waals surface area contributed by atoms with Crippen molar-refractivity contribution in [2.24, 2.45) is 0 Å². The van der Waals surface area contributed by atoms with Crippen LogP contribution in [-0.2, 0) is 6.54 Å². The lowest BCUT2D eigenvalue weighted by Gasteiger charge is -2.11. The second-order valence-electron chi connectivity index (χ2n) is 4.41. The summed E-state index contributed by atoms with van der Waals surface area (Å²) in [7, 11) is 0. The molecule has 4 nitrogen and oxygen atoms in total. The van der Waals surface area contributed by atoms with Crippen molar-refractivity contribution in [3.63, 3.8) is 0 Å². The second-order valence-corrected chi connectivity index (χ2v) is 4.41. The summed E-state index contributed by atoms with van der Waals surface area (Å²) < 4.78 is 1.57. The molecule has 3 rings (SSSR count). The summed E-state index contributed by atoms with van der Waals surface area (Å²) in [6.07, 6.45) is 3.44. The topological polar surface area (TPSA) is 60.9 Å². The Morgan fingerprint density at radius 2 is 2.00 bits per heavy atom. The molecule has 2 aromatic heterocycles. The molecule has 2 N–H and O–H groups in total. The molecule has 2 heterocycles. The molecule has 0 aliphatic heterocycles. The van der Waals surface area contributed by atoms with Gasteiger partial charge in [0.1, 0.15) is 5.82 Å². The van der Waals surface area contributed by atoms with Crippen molar-refractivity contribution in [3.8, 4) is 0 Å². The van der Waals surface area contributed by atoms with Gasteiger partial charge in [-0.2, -0.15) is 0 Å². The van der Waals surface area contributed by atoms with E-state index in [0.29, 0.717) is 17.7 Å². The highest BCUT2D eigenvalue weighted by Crippen LogP contribution is 2.14. The molecule has 0 atom stereocenters. The van der Waals surface area contributed by atoms with Crippen molar-refractivity contribution in [2.45, 2.75) is 6.54 Å². The first-order chi connectivity index (χ1) is 9.25. The quantitative estimate of drug-likeness (QED) is 0.758. The van der Waals surface area contributed by atoms with Gasteiger partial charge in [0.2, 0.25) is 0 Å². The smallest absolute Gasteiger partial charge is 0.260 e. The van der Waals surface area contributed by atoms with Gasteiger partial charge in [-0.05, 0) is 29.1 Å². The van der Waals surface area contributed by atoms with Crippen LogP contribution in [0.15, 0.2) is 59.7 Å². The zero-order valence-corrected chi connectivity index (χ0v) is 10.3. The Hall–Kier alpha value is -2.62. The van der Waals surface area contributed by atoms with E-state index in [1.54, 1.807) is 17.0 Å². The highest BCUT2D eigenvalue weighted by atomic mass is 16.1. The number of hydrogen-bond acceptors (Lipinski definition) is 3. The Kier molecular flexibility index (Phi) is 2.76. The fourth-order valence-corrected chi connectivity index (χ4v) is 2.15. The van der Waals surface area contributed by atoms with Crippen LogP contribution in [0.2, 0.25) is 0 Å². The fraction of sp³-hybridized carbons (Fsp3) is 0.0667. The first-order valence-corrected chi connectivity index (χ1v) is 6.02. The van der Waals surface area contributed by atoms with Gasteiger partial charge in [0.05, 0.1) is 6.54 Å². The Morgan fingerprint density at radius 1 is 1.16 bits per heavy atom. The predicted molar refractivity (Wildman–Crippen MR) is 76.0 cm³/mol. The Morgan fingerprint density at radius 3 is 2.79 bits per heavy atom. The summed E-state index contributed by atoms with van der Waals surface area (Å²) in [6, 6.07) is 13.1. The van der Waals surface area contributed by atoms with Crippen molar-refractivity contribution in [1.82, 2.24) is 9.55 Å². The van der Waals surface area contributed by atoms with Gasteiger partial charge in [-0.3, -0.25) is 14.3 Å². The molecular formula is C15H13N3O. The first kappa shape index (κ1) is 11.5. The number of pyridine rings is 2. The molecule has 0 fully saturated rings. The molecule has 0 saturated heterocycles. The number of anilines is 1. The average Bonchev–Trinajstić information content (AvgIpc) is 2.45. The minimum absolute atomic E-state index is 0.0700. The largest absolute Gasteiger partial charge is 0.385 e. The number of rotatable bonds is 2. The molecule has 4 heteroatoms. The van der Waals surface area contributed by atoms with Crippen LogP contribution >= 0.6 is 0 Å². The fourth-order valence-electron chi connectivity index (χ4n) is 2.15. The van der Waals surface area contributed by atoms with Gasteiger partial charge in [-0.1, -0.05) is 24.3 Å². The van der Waals surface area contributed by atoms with Gasteiger partial charge in [0.25, 0.3) is 5.56 Å². The summed E-state index contributed by atoms with van der Waals surface area (Å²) in [5.41, 5.74) is 6.86. The lowest BCUT2D eigenvalue weighted by molar-refractivity contribution is 0.777. The van der Waals surface area contributed by atoms with Gasteiger partial charge < -0.3 is 5.73 Å². The monoisotopic (exact) mass is 251 g/mol. The molecule has 0 bridgehead atoms. The summed E-state index contributed by atoms with van der Waals surface area (Å²) >= 11 is 0. The molecule has 94 valence electrons. The molecule has 1 aromatic carbocycles. The number of aromatic nitrogens is 2. The molecule has 19 heavy (non-hydrogen) atoms. The van der Waals surface area contributed by atoms with Crippen LogP contribution in [-0.4, -0.2) is 9.55 Å². The maximum Gasteiger partial charge on any atom is 0.260 e. The summed E-state index contributed by atoms with van der Waals surface area (Å²) in [5, 5.41) is 1.55. The van der Waals surface area contributed by atoms with Crippen molar-refractivity contribution in [1.29, 1.82) is 0 Å². The van der Waals surface area contributed by atoms with E-state index in [9.17, 15) is 4.79 Å². The molecule has 0 spiro atoms. The minimum atomic E-state index is -0.0700. The number of nitrogen functional groups attached to an aromatic ring is 1. The predicted octanol–water partition coefficient (Wildman–Crippen LogP) is 2.03. The highest BCUT2D eigenvalue weighted by Gasteiger charge is 2.07. The molecule has 0 unspecified atom stereocenters. The van der Waals surface area contributed by atoms with Crippen LogP contribution in [0, 0.1) is 0 Å². The zero-order chi connectivity index (χ0) is 13.2. The van der Waals surface area contributed by atoms with E-state index in [-0.39, 0.29) is 5.56 Å². The van der Waals surface area contributed by atoms with E-state index in [2.05, 4.69) is 4.98 Å². The molecule has 0 aliphatic rings. The summed E-state index contributed by atoms with van der Waals surface area (Å²) in [5.74, 6) is 0.465. The molecule has 3 aromatic rings. The van der Waals surface area contributed by atoms with E-state index < -0.39 is 0 Å². The Labute approximate surface area is 110 Å². The maximum atomic E-state index is 12.4. The standard InChI is InChI=1S/C15H13N3O/c16-14-8-12-5-1-2-6-13(12)15(19)18(14)10-11-4-3-7-17-9-11/h1-9H,10,16H2. The van der Waals surface area contributed by atoms with Crippen LogP contribution in [0.4, 0.5) is 5.82 Å². The van der Waals surface area contributed by atoms with Gasteiger partial charge in [-0.25, -0.2) is 0 Å². The van der Waals surface area contributed by atoms with Crippen LogP contribution in [0.5, 0.6) is 0 Å². The normalized spacial score (nSPS) is 10.7. The first-order valence-electron chi connectivity index (χ1n) is 6.02. The zero-order valence-electron chi connectivity index (χ0n) is 10.3. The van der Waals surface area contributed by atoms with E-state index in [0.717, 1.165) is 10.9 Å². The summed E-state index contributed by atoms with van der Waals surface area (Å²) in [4.78, 5) is 16.5. The SMILES string of the molecule is Nc1cc2ccccc2c(=O)n1Cc1cccnc1. The lowest BCUT2D eigenvalue weighted by Crippen LogP contribution is -2.23. The third-order valence-electron chi connectivity index (χ3n) is 3.11. The van der Waals surface area contributed by atoms with E-state index in [1.165, 1.54) is 0 Å². The van der Waals surface area contributed by atoms with E-state index >= 15 is 0 Å². The van der Waals surface area contributed by atoms with Crippen LogP contribution in [0.25, 0.3) is 10.8 Å². The van der Waals surface area contributed by atoms with Crippen LogP contribution < -0.4 is 11.3 Å². The number of benzene rings is 1. The van der Waals surface area contributed by atoms with Gasteiger partial charge in [-0.15, -0.1) is 0 Å². The molecule has 0 radical (unpaired) electrons. The van der Waals surface area contributed by atoms with Crippen LogP contribution in [0.3, 0.4) is 0 Å². The second kappa shape index (κ2) is 4.57. The molecular weight excluding hydrogens is 238 g/mol. The number of nitrogens with two attached hydrogens (primary N) is 1. The average molecular weight is 251 g/mol. The summed E-state index contributed by atoms with van der Waals surface area (Å²) in [6.45, 7) is 0.434. The van der Waals surface area contributed by atoms with Crippen molar-refractivity contribution in [2.75, 3.05) is 5.73 Å². The third kappa shape index (κ3) is 2.08. The Balaban J connectivity index is 2.16. The molecule has 0 aliphatic carbocycles. The molecule has 0 saturated carbocycles. The number of hydrogen-bond donors (Lipinski definition) is 1. The Bertz CT molecular complexity index is 778. The van der Waals surface area contributed by atoms with E-state index in [4.69, 9.17) is 5.73 Å². The lowest BCUT2D eigenvalue weighted by atomic mass is 10.1. The van der Waals surface area contributed by atoms with Crippen molar-refractivity contribution < 1.29 is 0 Å². The maximum absolute atomic E-state index is 12.4. The number of nitrogens with zero attached hydrogens (tertiary/aromatic N) is 2. The third-order valence-corrected chi connectivity index (χ3v) is 3.11. The van der Waals surface area contributed by atoms with E-state index in [1.807, 2.05) is 42.5 Å².